The number of carbonyl (C=O) groups excluding carboxylic acids is 2. The van der Waals surface area contributed by atoms with Gasteiger partial charge in [-0.05, 0) is 26.3 Å². The van der Waals surface area contributed by atoms with Crippen LogP contribution in [0, 0.1) is 0 Å². The minimum Gasteiger partial charge on any atom is -0.444 e. The molecule has 0 spiro atoms. The maximum atomic E-state index is 12.3. The fourth-order valence-electron chi connectivity index (χ4n) is 2.78. The Labute approximate surface area is 138 Å². The Bertz CT molecular complexity index is 525. The normalized spacial score (nSPS) is 19.4. The summed E-state index contributed by atoms with van der Waals surface area (Å²) in [4.78, 5) is 27.3. The molecule has 5 heteroatoms. The van der Waals surface area contributed by atoms with Gasteiger partial charge in [-0.2, -0.15) is 0 Å². The van der Waals surface area contributed by atoms with E-state index in [1.54, 1.807) is 4.90 Å². The van der Waals surface area contributed by atoms with E-state index in [0.717, 1.165) is 19.4 Å². The molecule has 0 aliphatic carbocycles. The lowest BCUT2D eigenvalue weighted by Crippen LogP contribution is -2.55. The molecule has 1 aromatic carbocycles. The van der Waals surface area contributed by atoms with E-state index in [2.05, 4.69) is 17.0 Å². The van der Waals surface area contributed by atoms with Crippen LogP contribution < -0.4 is 0 Å². The molecule has 1 aliphatic rings. The monoisotopic (exact) mass is 318 g/mol. The van der Waals surface area contributed by atoms with Crippen molar-refractivity contribution in [3.63, 3.8) is 0 Å². The third-order valence-corrected chi connectivity index (χ3v) is 3.81. The molecule has 1 saturated heterocycles. The Morgan fingerprint density at radius 1 is 1.26 bits per heavy atom. The van der Waals surface area contributed by atoms with Crippen molar-refractivity contribution in [3.05, 3.63) is 35.9 Å². The van der Waals surface area contributed by atoms with Gasteiger partial charge >= 0.3 is 6.09 Å². The highest BCUT2D eigenvalue weighted by Crippen LogP contribution is 2.18. The number of carbonyl (C=O) groups is 2. The van der Waals surface area contributed by atoms with Crippen molar-refractivity contribution in [1.82, 2.24) is 9.80 Å². The van der Waals surface area contributed by atoms with Gasteiger partial charge in [-0.25, -0.2) is 4.79 Å². The fraction of sp³-hybridized carbons (Fsp3) is 0.556. The molecule has 2 rings (SSSR count). The molecule has 0 bridgehead atoms. The van der Waals surface area contributed by atoms with Crippen LogP contribution in [-0.2, 0) is 16.1 Å². The van der Waals surface area contributed by atoms with Crippen molar-refractivity contribution in [3.8, 4) is 0 Å². The third-order valence-electron chi connectivity index (χ3n) is 3.81. The summed E-state index contributed by atoms with van der Waals surface area (Å²) >= 11 is 0. The molecule has 0 radical (unpaired) electrons. The molecule has 5 nitrogen and oxygen atoms in total. The van der Waals surface area contributed by atoms with Crippen LogP contribution in [0.1, 0.15) is 32.8 Å². The van der Waals surface area contributed by atoms with E-state index < -0.39 is 5.60 Å². The predicted molar refractivity (Wildman–Crippen MR) is 89.1 cm³/mol. The molecule has 0 aromatic heterocycles. The van der Waals surface area contributed by atoms with Crippen molar-refractivity contribution in [2.24, 2.45) is 0 Å². The predicted octanol–water partition coefficient (Wildman–Crippen LogP) is 2.70. The van der Waals surface area contributed by atoms with Crippen molar-refractivity contribution in [2.45, 2.75) is 45.4 Å². The molecule has 1 aromatic rings. The van der Waals surface area contributed by atoms with Crippen LogP contribution in [0.2, 0.25) is 0 Å². The van der Waals surface area contributed by atoms with Crippen LogP contribution in [0.4, 0.5) is 4.79 Å². The van der Waals surface area contributed by atoms with Gasteiger partial charge in [-0.1, -0.05) is 30.3 Å². The second-order valence-electron chi connectivity index (χ2n) is 6.95. The zero-order valence-electron chi connectivity index (χ0n) is 14.2. The van der Waals surface area contributed by atoms with Crippen molar-refractivity contribution in [1.29, 1.82) is 0 Å². The Balaban J connectivity index is 1.99. The zero-order valence-corrected chi connectivity index (χ0v) is 14.2. The molecule has 0 N–H and O–H groups in total. The van der Waals surface area contributed by atoms with E-state index in [1.165, 1.54) is 5.56 Å². The van der Waals surface area contributed by atoms with E-state index in [1.807, 2.05) is 39.0 Å². The second kappa shape index (κ2) is 7.59. The van der Waals surface area contributed by atoms with Gasteiger partial charge in [0, 0.05) is 32.6 Å². The summed E-state index contributed by atoms with van der Waals surface area (Å²) in [5.74, 6) is 0. The van der Waals surface area contributed by atoms with Gasteiger partial charge in [-0.15, -0.1) is 0 Å². The molecular formula is C18H26N2O3. The summed E-state index contributed by atoms with van der Waals surface area (Å²) < 4.78 is 5.46. The van der Waals surface area contributed by atoms with Crippen LogP contribution in [0.25, 0.3) is 0 Å². The molecule has 0 unspecified atom stereocenters. The summed E-state index contributed by atoms with van der Waals surface area (Å²) in [6, 6.07) is 10.1. The van der Waals surface area contributed by atoms with E-state index in [4.69, 9.17) is 4.74 Å². The summed E-state index contributed by atoms with van der Waals surface area (Å²) in [5, 5.41) is 0. The minimum absolute atomic E-state index is 0.125. The Kier molecular flexibility index (Phi) is 5.77. The largest absolute Gasteiger partial charge is 0.444 e. The molecule has 126 valence electrons. The quantitative estimate of drug-likeness (QED) is 0.801. The number of amides is 1. The number of rotatable bonds is 4. The van der Waals surface area contributed by atoms with E-state index >= 15 is 0 Å². The Hall–Kier alpha value is -1.88. The molecule has 1 heterocycles. The highest BCUT2D eigenvalue weighted by molar-refractivity contribution is 5.69. The minimum atomic E-state index is -0.524. The first-order valence-electron chi connectivity index (χ1n) is 8.08. The molecular weight excluding hydrogens is 292 g/mol. The number of hydrogen-bond donors (Lipinski definition) is 0. The van der Waals surface area contributed by atoms with Crippen LogP contribution in [0.3, 0.4) is 0 Å². The molecule has 0 saturated carbocycles. The van der Waals surface area contributed by atoms with Gasteiger partial charge in [0.1, 0.15) is 11.9 Å². The lowest BCUT2D eigenvalue weighted by molar-refractivity contribution is -0.109. The van der Waals surface area contributed by atoms with Gasteiger partial charge in [0.05, 0.1) is 6.04 Å². The molecule has 1 fully saturated rings. The average Bonchev–Trinajstić information content (AvgIpc) is 2.47. The first-order valence-corrected chi connectivity index (χ1v) is 8.08. The van der Waals surface area contributed by atoms with Crippen LogP contribution in [0.5, 0.6) is 0 Å². The van der Waals surface area contributed by atoms with Crippen LogP contribution in [-0.4, -0.2) is 53.5 Å². The number of benzene rings is 1. The summed E-state index contributed by atoms with van der Waals surface area (Å²) in [6.07, 6.45) is 0.891. The SMILES string of the molecule is CC(C)(C)OC(=O)N1CCN(Cc2ccccc2)C[C@@H]1CC=O. The van der Waals surface area contributed by atoms with Gasteiger partial charge < -0.3 is 14.4 Å². The lowest BCUT2D eigenvalue weighted by Gasteiger charge is -2.41. The van der Waals surface area contributed by atoms with Crippen LogP contribution in [0.15, 0.2) is 30.3 Å². The summed E-state index contributed by atoms with van der Waals surface area (Å²) in [5.41, 5.74) is 0.715. The first-order chi connectivity index (χ1) is 10.9. The second-order valence-corrected chi connectivity index (χ2v) is 6.95. The highest BCUT2D eigenvalue weighted by Gasteiger charge is 2.32. The first kappa shape index (κ1) is 17.5. The fourth-order valence-corrected chi connectivity index (χ4v) is 2.78. The maximum Gasteiger partial charge on any atom is 0.410 e. The average molecular weight is 318 g/mol. The molecule has 1 aliphatic heterocycles. The third kappa shape index (κ3) is 5.36. The van der Waals surface area contributed by atoms with Crippen LogP contribution >= 0.6 is 0 Å². The summed E-state index contributed by atoms with van der Waals surface area (Å²) in [6.45, 7) is 8.44. The summed E-state index contributed by atoms with van der Waals surface area (Å²) in [7, 11) is 0. The smallest absolute Gasteiger partial charge is 0.410 e. The molecule has 23 heavy (non-hydrogen) atoms. The van der Waals surface area contributed by atoms with Gasteiger partial charge in [0.15, 0.2) is 0 Å². The zero-order chi connectivity index (χ0) is 16.9. The Morgan fingerprint density at radius 3 is 2.57 bits per heavy atom. The topological polar surface area (TPSA) is 49.9 Å². The number of piperazine rings is 1. The number of nitrogens with zero attached hydrogens (tertiary/aromatic N) is 2. The molecule has 1 atom stereocenters. The number of hydrogen-bond acceptors (Lipinski definition) is 4. The standard InChI is InChI=1S/C18H26N2O3/c1-18(2,3)23-17(22)20-11-10-19(14-16(20)9-12-21)13-15-7-5-4-6-8-15/h4-8,12,16H,9-11,13-14H2,1-3H3/t16-/m0/s1. The number of aldehydes is 1. The van der Waals surface area contributed by atoms with E-state index in [0.29, 0.717) is 19.5 Å². The van der Waals surface area contributed by atoms with Crippen molar-refractivity contribution >= 4 is 12.4 Å². The van der Waals surface area contributed by atoms with Crippen molar-refractivity contribution < 1.29 is 14.3 Å². The van der Waals surface area contributed by atoms with Gasteiger partial charge in [0.25, 0.3) is 0 Å². The van der Waals surface area contributed by atoms with Gasteiger partial charge in [0.2, 0.25) is 0 Å². The van der Waals surface area contributed by atoms with E-state index in [-0.39, 0.29) is 12.1 Å². The highest BCUT2D eigenvalue weighted by atomic mass is 16.6. The maximum absolute atomic E-state index is 12.3. The molecule has 1 amide bonds. The van der Waals surface area contributed by atoms with E-state index in [9.17, 15) is 9.59 Å². The Morgan fingerprint density at radius 2 is 1.96 bits per heavy atom. The number of ether oxygens (including phenoxy) is 1. The lowest BCUT2D eigenvalue weighted by atomic mass is 10.1. The van der Waals surface area contributed by atoms with Crippen molar-refractivity contribution in [2.75, 3.05) is 19.6 Å². The van der Waals surface area contributed by atoms with Gasteiger partial charge in [-0.3, -0.25) is 4.90 Å².